The van der Waals surface area contributed by atoms with Crippen molar-refractivity contribution in [1.29, 1.82) is 0 Å². The minimum Gasteiger partial charge on any atom is -0.455 e. The number of hydrogen-bond acceptors (Lipinski definition) is 8. The van der Waals surface area contributed by atoms with E-state index in [0.717, 1.165) is 70.6 Å². The van der Waals surface area contributed by atoms with E-state index < -0.39 is 31.1 Å². The molecule has 0 saturated carbocycles. The quantitative estimate of drug-likeness (QED) is 0.0329. The Labute approximate surface area is 410 Å². The summed E-state index contributed by atoms with van der Waals surface area (Å²) < 4.78 is 41.5. The molecule has 0 aromatic rings. The molecular formula is C55H106O8Si3. The van der Waals surface area contributed by atoms with Gasteiger partial charge in [0.2, 0.25) is 0 Å². The van der Waals surface area contributed by atoms with E-state index in [2.05, 4.69) is 121 Å². The molecule has 3 aliphatic rings. The molecule has 1 N–H and O–H groups in total. The van der Waals surface area contributed by atoms with Crippen LogP contribution in [0.1, 0.15) is 211 Å². The van der Waals surface area contributed by atoms with Gasteiger partial charge in [0.25, 0.3) is 0 Å². The Balaban J connectivity index is 1.70. The molecule has 0 unspecified atom stereocenters. The zero-order chi connectivity index (χ0) is 49.6. The van der Waals surface area contributed by atoms with Crippen LogP contribution in [0.5, 0.6) is 0 Å². The largest absolute Gasteiger partial charge is 0.455 e. The van der Waals surface area contributed by atoms with Crippen molar-refractivity contribution in [1.82, 2.24) is 0 Å². The highest BCUT2D eigenvalue weighted by Gasteiger charge is 2.47. The van der Waals surface area contributed by atoms with Gasteiger partial charge < -0.3 is 32.6 Å². The molecule has 0 aromatic heterocycles. The first kappa shape index (κ1) is 59.7. The number of aliphatic hydroxyl groups excluding tert-OH is 1. The van der Waals surface area contributed by atoms with Crippen LogP contribution in [0.15, 0.2) is 23.8 Å². The molecular weight excluding hydrogens is 873 g/mol. The molecule has 0 bridgehead atoms. The number of allylic oxidation sites excluding steroid dienone is 1. The van der Waals surface area contributed by atoms with Crippen LogP contribution in [0, 0.1) is 0 Å². The van der Waals surface area contributed by atoms with E-state index in [1.807, 2.05) is 13.0 Å². The van der Waals surface area contributed by atoms with Crippen molar-refractivity contribution < 1.29 is 37.4 Å². The minimum absolute atomic E-state index is 0.000128. The average Bonchev–Trinajstić information content (AvgIpc) is 3.95. The third-order valence-electron chi connectivity index (χ3n) is 16.5. The SMILES string of the molecule is CCCCCCCCCC[C@H](O[Si](C)(C)C(C)(C)C)[C@H]1CC[C@@H]([C@H](CC[C@H](O[Si](C)(C)C(C)(C)C)[C@@H]2CC[C@H](/C=C/CCCCC[C@@H](O)CC3=C[C@H](C)OC3=O)O2)O[Si](C)(C)C(C)(C)C)O1. The summed E-state index contributed by atoms with van der Waals surface area (Å²) in [5.74, 6) is -0.284. The number of carbonyl (C=O) groups is 1. The lowest BCUT2D eigenvalue weighted by molar-refractivity contribution is -0.139. The van der Waals surface area contributed by atoms with Crippen molar-refractivity contribution in [3.63, 3.8) is 0 Å². The first-order valence-electron chi connectivity index (χ1n) is 27.2. The normalized spacial score (nSPS) is 24.5. The van der Waals surface area contributed by atoms with Crippen molar-refractivity contribution in [3.8, 4) is 0 Å². The Kier molecular flexibility index (Phi) is 24.1. The summed E-state index contributed by atoms with van der Waals surface area (Å²) >= 11 is 0. The van der Waals surface area contributed by atoms with Crippen LogP contribution in [-0.4, -0.2) is 91.0 Å². The Bertz CT molecular complexity index is 1470. The monoisotopic (exact) mass is 979 g/mol. The molecule has 8 nitrogen and oxygen atoms in total. The summed E-state index contributed by atoms with van der Waals surface area (Å²) in [6.07, 6.45) is 28.7. The molecule has 0 aliphatic carbocycles. The fourth-order valence-electron chi connectivity index (χ4n) is 8.98. The fraction of sp³-hybridized carbons (Fsp3) is 0.909. The minimum atomic E-state index is -2.14. The summed E-state index contributed by atoms with van der Waals surface area (Å²) in [6.45, 7) is 39.7. The number of rotatable bonds is 30. The van der Waals surface area contributed by atoms with Crippen LogP contribution < -0.4 is 0 Å². The van der Waals surface area contributed by atoms with Gasteiger partial charge >= 0.3 is 5.97 Å². The first-order valence-corrected chi connectivity index (χ1v) is 35.9. The number of unbranched alkanes of at least 4 members (excludes halogenated alkanes) is 10. The van der Waals surface area contributed by atoms with E-state index in [9.17, 15) is 9.90 Å². The van der Waals surface area contributed by atoms with E-state index in [1.54, 1.807) is 0 Å². The molecule has 9 atom stereocenters. The number of hydrogen-bond donors (Lipinski definition) is 1. The maximum atomic E-state index is 11.9. The van der Waals surface area contributed by atoms with Gasteiger partial charge in [0.05, 0.1) is 48.8 Å². The van der Waals surface area contributed by atoms with Crippen molar-refractivity contribution in [2.24, 2.45) is 0 Å². The molecule has 3 aliphatic heterocycles. The Morgan fingerprint density at radius 1 is 0.621 bits per heavy atom. The van der Waals surface area contributed by atoms with Crippen molar-refractivity contribution in [2.45, 2.75) is 320 Å². The second-order valence-corrected chi connectivity index (χ2v) is 39.7. The second kappa shape index (κ2) is 26.7. The van der Waals surface area contributed by atoms with E-state index in [4.69, 9.17) is 27.5 Å². The molecule has 3 rings (SSSR count). The summed E-state index contributed by atoms with van der Waals surface area (Å²) in [5.41, 5.74) is 0.612. The number of aliphatic hydroxyl groups is 1. The van der Waals surface area contributed by atoms with Crippen LogP contribution in [0.2, 0.25) is 54.4 Å². The Morgan fingerprint density at radius 2 is 1.05 bits per heavy atom. The molecule has 2 saturated heterocycles. The molecule has 2 fully saturated rings. The summed E-state index contributed by atoms with van der Waals surface area (Å²) in [4.78, 5) is 11.9. The van der Waals surface area contributed by atoms with Crippen molar-refractivity contribution >= 4 is 30.9 Å². The summed E-state index contributed by atoms with van der Waals surface area (Å²) in [6, 6.07) is 0. The van der Waals surface area contributed by atoms with Gasteiger partial charge in [0.1, 0.15) is 6.10 Å². The molecule has 0 radical (unpaired) electrons. The lowest BCUT2D eigenvalue weighted by atomic mass is 9.99. The highest BCUT2D eigenvalue weighted by molar-refractivity contribution is 6.75. The van der Waals surface area contributed by atoms with Gasteiger partial charge in [0.15, 0.2) is 25.0 Å². The lowest BCUT2D eigenvalue weighted by Gasteiger charge is -2.43. The van der Waals surface area contributed by atoms with E-state index in [0.29, 0.717) is 18.4 Å². The highest BCUT2D eigenvalue weighted by atomic mass is 28.4. The first-order chi connectivity index (χ1) is 30.6. The van der Waals surface area contributed by atoms with E-state index >= 15 is 0 Å². The molecule has 0 amide bonds. The number of esters is 1. The number of cyclic esters (lactones) is 1. The van der Waals surface area contributed by atoms with Crippen LogP contribution in [-0.2, 0) is 32.3 Å². The van der Waals surface area contributed by atoms with Crippen LogP contribution in [0.25, 0.3) is 0 Å². The molecule has 0 spiro atoms. The third-order valence-corrected chi connectivity index (χ3v) is 30.0. The van der Waals surface area contributed by atoms with E-state index in [1.165, 1.54) is 51.4 Å². The van der Waals surface area contributed by atoms with Crippen LogP contribution in [0.4, 0.5) is 0 Å². The molecule has 66 heavy (non-hydrogen) atoms. The smallest absolute Gasteiger partial charge is 0.334 e. The van der Waals surface area contributed by atoms with Gasteiger partial charge in [-0.25, -0.2) is 4.79 Å². The van der Waals surface area contributed by atoms with Gasteiger partial charge in [0, 0.05) is 12.0 Å². The Morgan fingerprint density at radius 3 is 1.52 bits per heavy atom. The highest BCUT2D eigenvalue weighted by Crippen LogP contribution is 2.44. The summed E-state index contributed by atoms with van der Waals surface area (Å²) in [7, 11) is -6.27. The second-order valence-electron chi connectivity index (χ2n) is 25.4. The Hall–Kier alpha value is -0.639. The van der Waals surface area contributed by atoms with Gasteiger partial charge in [-0.05, 0) is 132 Å². The van der Waals surface area contributed by atoms with Gasteiger partial charge in [-0.2, -0.15) is 0 Å². The topological polar surface area (TPSA) is 92.7 Å². The standard InChI is InChI=1S/C55H106O8Si3/c1-18-19-20-21-22-23-27-30-33-49(61-64(12,13)53(3,4)5)47-36-37-48(60-47)51(63-66(16,17)55(9,10)11)39-38-50(62-65(14,15)54(6,7)8)46-35-34-45(59-46)32-29-26-24-25-28-31-44(56)41-43-40-42(2)58-52(43)57/h29,32,40,42,44-51,56H,18-28,30-31,33-39,41H2,1-17H3/b32-29+/t42-,44+,45-,46-,47+,48-,49-,50-,51-/m0/s1. The predicted molar refractivity (Wildman–Crippen MR) is 285 cm³/mol. The predicted octanol–water partition coefficient (Wildman–Crippen LogP) is 15.7. The number of carbonyl (C=O) groups excluding carboxylic acids is 1. The molecule has 386 valence electrons. The van der Waals surface area contributed by atoms with Crippen molar-refractivity contribution in [3.05, 3.63) is 23.8 Å². The van der Waals surface area contributed by atoms with Crippen molar-refractivity contribution in [2.75, 3.05) is 0 Å². The maximum Gasteiger partial charge on any atom is 0.334 e. The molecule has 0 aromatic carbocycles. The van der Waals surface area contributed by atoms with Gasteiger partial charge in [-0.3, -0.25) is 0 Å². The lowest BCUT2D eigenvalue weighted by Crippen LogP contribution is -2.50. The number of ether oxygens (including phenoxy) is 3. The zero-order valence-corrected chi connectivity index (χ0v) is 49.1. The maximum absolute atomic E-state index is 11.9. The third kappa shape index (κ3) is 19.5. The zero-order valence-electron chi connectivity index (χ0n) is 46.1. The van der Waals surface area contributed by atoms with Crippen LogP contribution >= 0.6 is 0 Å². The average molecular weight is 980 g/mol. The van der Waals surface area contributed by atoms with Gasteiger partial charge in [-0.15, -0.1) is 0 Å². The van der Waals surface area contributed by atoms with Gasteiger partial charge in [-0.1, -0.05) is 146 Å². The molecule has 3 heterocycles. The summed E-state index contributed by atoms with van der Waals surface area (Å²) in [5, 5.41) is 10.8. The van der Waals surface area contributed by atoms with Crippen LogP contribution in [0.3, 0.4) is 0 Å². The van der Waals surface area contributed by atoms with E-state index in [-0.39, 0.29) is 69.9 Å². The molecule has 11 heteroatoms. The fourth-order valence-corrected chi connectivity index (χ4v) is 13.1.